The summed E-state index contributed by atoms with van der Waals surface area (Å²) in [4.78, 5) is 22.2. The lowest BCUT2D eigenvalue weighted by molar-refractivity contribution is -0.151. The summed E-state index contributed by atoms with van der Waals surface area (Å²) in [6.45, 7) is 0.785. The maximum atomic E-state index is 12.9. The molecule has 1 heterocycles. The minimum Gasteiger partial charge on any atom is -0.478 e. The number of carboxylic acids is 2. The van der Waals surface area contributed by atoms with E-state index in [4.69, 9.17) is 10.2 Å². The van der Waals surface area contributed by atoms with Gasteiger partial charge in [-0.25, -0.2) is 23.0 Å². The summed E-state index contributed by atoms with van der Waals surface area (Å²) in [5, 5.41) is 17.8. The number of pyridine rings is 1. The monoisotopic (exact) mass is 395 g/mol. The van der Waals surface area contributed by atoms with Crippen LogP contribution < -0.4 is 0 Å². The van der Waals surface area contributed by atoms with Crippen LogP contribution in [0.5, 0.6) is 0 Å². The highest BCUT2D eigenvalue weighted by molar-refractivity contribution is 7.91. The molecule has 0 fully saturated rings. The first-order chi connectivity index (χ1) is 11.1. The first-order valence-electron chi connectivity index (χ1n) is 5.97. The second-order valence-corrected chi connectivity index (χ2v) is 6.61. The first-order valence-corrected chi connectivity index (χ1v) is 7.62. The summed E-state index contributed by atoms with van der Waals surface area (Å²) >= 11 is 0. The molecule has 0 spiro atoms. The molecule has 1 aromatic heterocycles. The molecule has 0 aliphatic rings. The topological polar surface area (TPSA) is 122 Å². The van der Waals surface area contributed by atoms with Gasteiger partial charge in [0.2, 0.25) is 0 Å². The highest BCUT2D eigenvalue weighted by Crippen LogP contribution is 2.41. The number of halogens is 6. The fourth-order valence-corrected chi connectivity index (χ4v) is 3.10. The predicted molar refractivity (Wildman–Crippen MR) is 65.9 cm³/mol. The third kappa shape index (κ3) is 3.83. The SMILES string of the molecule is CCS(=O)(=O)c1c(C(=O)O)c(C(F)(F)F)nc(C(F)(F)F)c1C(=O)O. The van der Waals surface area contributed by atoms with Gasteiger partial charge in [0.15, 0.2) is 21.2 Å². The minimum atomic E-state index is -5.79. The van der Waals surface area contributed by atoms with Gasteiger partial charge in [0.1, 0.15) is 16.0 Å². The van der Waals surface area contributed by atoms with Gasteiger partial charge in [-0.1, -0.05) is 6.92 Å². The van der Waals surface area contributed by atoms with Gasteiger partial charge in [-0.05, 0) is 0 Å². The van der Waals surface area contributed by atoms with E-state index in [1.54, 1.807) is 0 Å². The fourth-order valence-electron chi connectivity index (χ4n) is 1.83. The molecule has 140 valence electrons. The van der Waals surface area contributed by atoms with E-state index < -0.39 is 67.3 Å². The molecule has 0 unspecified atom stereocenters. The average Bonchev–Trinajstić information content (AvgIpc) is 2.42. The Balaban J connectivity index is 4.40. The van der Waals surface area contributed by atoms with Gasteiger partial charge < -0.3 is 10.2 Å². The summed E-state index contributed by atoms with van der Waals surface area (Å²) in [5.41, 5.74) is -9.69. The molecule has 14 heteroatoms. The van der Waals surface area contributed by atoms with E-state index in [0.29, 0.717) is 0 Å². The van der Waals surface area contributed by atoms with Gasteiger partial charge in [0.25, 0.3) is 0 Å². The van der Waals surface area contributed by atoms with Crippen molar-refractivity contribution in [2.45, 2.75) is 24.2 Å². The van der Waals surface area contributed by atoms with Crippen LogP contribution in [0.1, 0.15) is 39.0 Å². The lowest BCUT2D eigenvalue weighted by Gasteiger charge is -2.19. The van der Waals surface area contributed by atoms with Crippen molar-refractivity contribution >= 4 is 21.8 Å². The molecule has 0 atom stereocenters. The molecule has 0 radical (unpaired) electrons. The molecule has 25 heavy (non-hydrogen) atoms. The number of sulfone groups is 1. The Hall–Kier alpha value is -2.38. The van der Waals surface area contributed by atoms with Gasteiger partial charge in [0, 0.05) is 0 Å². The number of nitrogens with zero attached hydrogens (tertiary/aromatic N) is 1. The molecule has 1 rings (SSSR count). The Morgan fingerprint density at radius 3 is 1.44 bits per heavy atom. The summed E-state index contributed by atoms with van der Waals surface area (Å²) in [6, 6.07) is 0. The summed E-state index contributed by atoms with van der Waals surface area (Å²) < 4.78 is 102. The molecule has 0 saturated heterocycles. The van der Waals surface area contributed by atoms with Crippen LogP contribution in [0, 0.1) is 0 Å². The average molecular weight is 395 g/mol. The minimum absolute atomic E-state index is 0.785. The Labute approximate surface area is 134 Å². The zero-order chi connectivity index (χ0) is 20.0. The van der Waals surface area contributed by atoms with E-state index in [-0.39, 0.29) is 0 Å². The molecular weight excluding hydrogens is 388 g/mol. The van der Waals surface area contributed by atoms with Crippen molar-refractivity contribution in [3.8, 4) is 0 Å². The zero-order valence-corrected chi connectivity index (χ0v) is 12.7. The quantitative estimate of drug-likeness (QED) is 0.751. The number of hydrogen-bond acceptors (Lipinski definition) is 5. The molecule has 1 aromatic rings. The van der Waals surface area contributed by atoms with Gasteiger partial charge in [0.05, 0.1) is 5.75 Å². The molecule has 0 aliphatic carbocycles. The van der Waals surface area contributed by atoms with Crippen LogP contribution in [0.2, 0.25) is 0 Å². The highest BCUT2D eigenvalue weighted by atomic mass is 32.2. The lowest BCUT2D eigenvalue weighted by atomic mass is 10.1. The third-order valence-electron chi connectivity index (χ3n) is 2.81. The van der Waals surface area contributed by atoms with Crippen molar-refractivity contribution < 1.29 is 54.6 Å². The first kappa shape index (κ1) is 20.7. The fraction of sp³-hybridized carbons (Fsp3) is 0.364. The standard InChI is InChI=1S/C11H7F6NO6S/c1-2-25(23,24)5-3(8(19)20)6(10(12,13)14)18-7(11(15,16)17)4(5)9(21)22/h2H2,1H3,(H,19,20)(H,21,22). The summed E-state index contributed by atoms with van der Waals surface area (Å²) in [7, 11) is -5.12. The molecule has 0 bridgehead atoms. The van der Waals surface area contributed by atoms with Crippen molar-refractivity contribution in [2.75, 3.05) is 5.75 Å². The van der Waals surface area contributed by atoms with E-state index in [2.05, 4.69) is 4.98 Å². The predicted octanol–water partition coefficient (Wildman–Crippen LogP) is 2.31. The third-order valence-corrected chi connectivity index (χ3v) is 4.60. The molecule has 0 amide bonds. The van der Waals surface area contributed by atoms with Crippen LogP contribution in [-0.2, 0) is 22.2 Å². The van der Waals surface area contributed by atoms with Crippen molar-refractivity contribution in [2.24, 2.45) is 0 Å². The van der Waals surface area contributed by atoms with Crippen molar-refractivity contribution in [3.05, 3.63) is 22.5 Å². The Morgan fingerprint density at radius 2 is 1.24 bits per heavy atom. The Kier molecular flexibility index (Phi) is 5.09. The summed E-state index contributed by atoms with van der Waals surface area (Å²) in [6.07, 6.45) is -11.6. The van der Waals surface area contributed by atoms with Gasteiger partial charge in [-0.2, -0.15) is 26.3 Å². The second-order valence-electron chi connectivity index (χ2n) is 4.40. The maximum absolute atomic E-state index is 12.9. The molecule has 0 aliphatic heterocycles. The number of rotatable bonds is 4. The number of carbonyl (C=O) groups is 2. The van der Waals surface area contributed by atoms with E-state index in [0.717, 1.165) is 6.92 Å². The normalized spacial score (nSPS) is 12.9. The molecule has 2 N–H and O–H groups in total. The summed E-state index contributed by atoms with van der Waals surface area (Å²) in [5.74, 6) is -6.34. The smallest absolute Gasteiger partial charge is 0.434 e. The van der Waals surface area contributed by atoms with Crippen LogP contribution in [0.15, 0.2) is 4.90 Å². The van der Waals surface area contributed by atoms with Crippen molar-refractivity contribution in [3.63, 3.8) is 0 Å². The van der Waals surface area contributed by atoms with Gasteiger partial charge in [-0.15, -0.1) is 0 Å². The van der Waals surface area contributed by atoms with Gasteiger partial charge in [-0.3, -0.25) is 0 Å². The number of carboxylic acid groups (broad SMARTS) is 2. The van der Waals surface area contributed by atoms with Crippen LogP contribution >= 0.6 is 0 Å². The molecule has 7 nitrogen and oxygen atoms in total. The van der Waals surface area contributed by atoms with Gasteiger partial charge >= 0.3 is 24.3 Å². The largest absolute Gasteiger partial charge is 0.478 e. The number of alkyl halides is 6. The number of aromatic nitrogens is 1. The Bertz CT molecular complexity index is 792. The van der Waals surface area contributed by atoms with E-state index in [1.165, 1.54) is 0 Å². The number of aromatic carboxylic acids is 2. The zero-order valence-electron chi connectivity index (χ0n) is 11.9. The van der Waals surface area contributed by atoms with Crippen LogP contribution in [0.25, 0.3) is 0 Å². The second kappa shape index (κ2) is 6.16. The van der Waals surface area contributed by atoms with Crippen LogP contribution in [0.4, 0.5) is 26.3 Å². The molecule has 0 aromatic carbocycles. The molecule has 0 saturated carbocycles. The highest BCUT2D eigenvalue weighted by Gasteiger charge is 2.49. The number of hydrogen-bond donors (Lipinski definition) is 2. The van der Waals surface area contributed by atoms with Crippen LogP contribution in [-0.4, -0.2) is 41.3 Å². The van der Waals surface area contributed by atoms with E-state index >= 15 is 0 Å². The Morgan fingerprint density at radius 1 is 0.920 bits per heavy atom. The maximum Gasteiger partial charge on any atom is 0.434 e. The van der Waals surface area contributed by atoms with E-state index in [1.807, 2.05) is 0 Å². The van der Waals surface area contributed by atoms with Crippen molar-refractivity contribution in [1.82, 2.24) is 4.98 Å². The van der Waals surface area contributed by atoms with E-state index in [9.17, 15) is 44.3 Å². The molecular formula is C11H7F6NO6S. The van der Waals surface area contributed by atoms with Crippen molar-refractivity contribution in [1.29, 1.82) is 0 Å². The lowest BCUT2D eigenvalue weighted by Crippen LogP contribution is -2.28. The van der Waals surface area contributed by atoms with Crippen LogP contribution in [0.3, 0.4) is 0 Å².